The molecule has 1 N–H and O–H groups in total. The summed E-state index contributed by atoms with van der Waals surface area (Å²) in [6.45, 7) is 10.7. The van der Waals surface area contributed by atoms with E-state index in [-0.39, 0.29) is 12.2 Å². The second kappa shape index (κ2) is 12.6. The predicted molar refractivity (Wildman–Crippen MR) is 161 cm³/mol. The number of likely N-dealkylation sites (N-methyl/N-ethyl adjacent to an activating group) is 1. The van der Waals surface area contributed by atoms with Crippen LogP contribution < -0.4 is 15.0 Å². The number of piperidine rings is 1. The van der Waals surface area contributed by atoms with E-state index in [1.165, 1.54) is 0 Å². The minimum Gasteiger partial charge on any atom is -0.489 e. The lowest BCUT2D eigenvalue weighted by Crippen LogP contribution is -2.44. The Kier molecular flexibility index (Phi) is 8.73. The molecule has 11 nitrogen and oxygen atoms in total. The molecule has 2 aliphatic heterocycles. The first-order valence-corrected chi connectivity index (χ1v) is 14.4. The molecule has 4 heterocycles. The van der Waals surface area contributed by atoms with Crippen molar-refractivity contribution in [3.05, 3.63) is 54.4 Å². The molecule has 2 saturated heterocycles. The predicted octanol–water partition coefficient (Wildman–Crippen LogP) is 4.68. The Morgan fingerprint density at radius 2 is 1.79 bits per heavy atom. The Bertz CT molecular complexity index is 1420. The molecular weight excluding hydrogens is 532 g/mol. The van der Waals surface area contributed by atoms with Gasteiger partial charge in [-0.3, -0.25) is 0 Å². The highest BCUT2D eigenvalue weighted by Gasteiger charge is 2.28. The largest absolute Gasteiger partial charge is 0.489 e. The average Bonchev–Trinajstić information content (AvgIpc) is 2.98. The molecule has 11 heteroatoms. The van der Waals surface area contributed by atoms with Crippen molar-refractivity contribution in [1.29, 1.82) is 5.26 Å². The van der Waals surface area contributed by atoms with E-state index in [4.69, 9.17) is 9.47 Å². The van der Waals surface area contributed by atoms with E-state index in [2.05, 4.69) is 49.3 Å². The summed E-state index contributed by atoms with van der Waals surface area (Å²) >= 11 is 0. The quantitative estimate of drug-likeness (QED) is 0.447. The standard InChI is InChI=1S/C31H38N8O3/c1-31(2,3)42-30(40)39-13-10-25(11-14-39)41-27-7-5-22(19-23(27)20-32)26-9-12-33-29(35-26)36-28-8-6-24(21-34-28)38-17-15-37(4)16-18-38/h5-9,12,19,21,25H,10-11,13-18H2,1-4H3,(H,33,34,35,36). The number of benzene rings is 1. The van der Waals surface area contributed by atoms with Gasteiger partial charge >= 0.3 is 6.09 Å². The van der Waals surface area contributed by atoms with Gasteiger partial charge in [0.05, 0.1) is 23.1 Å². The van der Waals surface area contributed by atoms with E-state index < -0.39 is 5.60 Å². The lowest BCUT2D eigenvalue weighted by molar-refractivity contribution is 0.0126. The number of nitrogens with one attached hydrogen (secondary N) is 1. The molecule has 0 unspecified atom stereocenters. The van der Waals surface area contributed by atoms with Gasteiger partial charge in [-0.2, -0.15) is 5.26 Å². The number of anilines is 3. The molecule has 5 rings (SSSR count). The van der Waals surface area contributed by atoms with Gasteiger partial charge in [0.1, 0.15) is 29.3 Å². The van der Waals surface area contributed by atoms with Crippen LogP contribution in [0.4, 0.5) is 22.2 Å². The van der Waals surface area contributed by atoms with Gasteiger partial charge in [-0.15, -0.1) is 0 Å². The molecule has 220 valence electrons. The van der Waals surface area contributed by atoms with Crippen molar-refractivity contribution in [3.63, 3.8) is 0 Å². The van der Waals surface area contributed by atoms with Crippen molar-refractivity contribution in [2.75, 3.05) is 56.5 Å². The number of likely N-dealkylation sites (tertiary alicyclic amines) is 1. The first kappa shape index (κ1) is 29.1. The molecule has 2 aliphatic rings. The summed E-state index contributed by atoms with van der Waals surface area (Å²) in [5.74, 6) is 1.60. The Hall–Kier alpha value is -4.43. The van der Waals surface area contributed by atoms with Crippen LogP contribution in [0.2, 0.25) is 0 Å². The molecule has 0 atom stereocenters. The average molecular weight is 571 g/mol. The second-order valence-corrected chi connectivity index (χ2v) is 11.7. The van der Waals surface area contributed by atoms with Crippen molar-refractivity contribution in [1.82, 2.24) is 24.8 Å². The van der Waals surface area contributed by atoms with Gasteiger partial charge in [0.2, 0.25) is 5.95 Å². The summed E-state index contributed by atoms with van der Waals surface area (Å²) in [5, 5.41) is 13.0. The molecule has 0 spiro atoms. The van der Waals surface area contributed by atoms with Crippen LogP contribution in [0.15, 0.2) is 48.8 Å². The van der Waals surface area contributed by atoms with Crippen molar-refractivity contribution in [3.8, 4) is 23.1 Å². The Morgan fingerprint density at radius 3 is 2.45 bits per heavy atom. The Labute approximate surface area is 247 Å². The number of rotatable bonds is 6. The van der Waals surface area contributed by atoms with Crippen LogP contribution in [0, 0.1) is 11.3 Å². The van der Waals surface area contributed by atoms with E-state index in [0.717, 1.165) is 37.4 Å². The monoisotopic (exact) mass is 570 g/mol. The number of carbonyl (C=O) groups excluding carboxylic acids is 1. The fraction of sp³-hybridized carbons (Fsp3) is 0.452. The lowest BCUT2D eigenvalue weighted by atomic mass is 10.1. The number of piperazine rings is 1. The van der Waals surface area contributed by atoms with Gasteiger partial charge < -0.3 is 29.5 Å². The summed E-state index contributed by atoms with van der Waals surface area (Å²) in [6.07, 6.45) is 4.48. The van der Waals surface area contributed by atoms with Gasteiger partial charge in [0.25, 0.3) is 0 Å². The number of hydrogen-bond donors (Lipinski definition) is 1. The fourth-order valence-corrected chi connectivity index (χ4v) is 4.95. The van der Waals surface area contributed by atoms with Crippen LogP contribution in [0.1, 0.15) is 39.2 Å². The van der Waals surface area contributed by atoms with Crippen molar-refractivity contribution in [2.45, 2.75) is 45.3 Å². The van der Waals surface area contributed by atoms with Crippen molar-refractivity contribution in [2.24, 2.45) is 0 Å². The van der Waals surface area contributed by atoms with E-state index in [1.54, 1.807) is 23.2 Å². The molecule has 3 aromatic rings. The van der Waals surface area contributed by atoms with E-state index in [0.29, 0.717) is 54.7 Å². The summed E-state index contributed by atoms with van der Waals surface area (Å²) in [7, 11) is 2.14. The highest BCUT2D eigenvalue weighted by molar-refractivity contribution is 5.68. The van der Waals surface area contributed by atoms with Crippen LogP contribution in [0.3, 0.4) is 0 Å². The maximum Gasteiger partial charge on any atom is 0.410 e. The molecule has 0 aliphatic carbocycles. The number of pyridine rings is 1. The Morgan fingerprint density at radius 1 is 1.02 bits per heavy atom. The maximum atomic E-state index is 12.4. The summed E-state index contributed by atoms with van der Waals surface area (Å²) in [5.41, 5.74) is 2.46. The van der Waals surface area contributed by atoms with Gasteiger partial charge in [-0.1, -0.05) is 0 Å². The molecule has 0 bridgehead atoms. The maximum absolute atomic E-state index is 12.4. The van der Waals surface area contributed by atoms with Crippen molar-refractivity contribution < 1.29 is 14.3 Å². The smallest absolute Gasteiger partial charge is 0.410 e. The third kappa shape index (κ3) is 7.44. The summed E-state index contributed by atoms with van der Waals surface area (Å²) in [4.78, 5) is 32.3. The van der Waals surface area contributed by atoms with Crippen LogP contribution in [0.25, 0.3) is 11.3 Å². The number of hydrogen-bond acceptors (Lipinski definition) is 10. The van der Waals surface area contributed by atoms with E-state index >= 15 is 0 Å². The third-order valence-electron chi connectivity index (χ3n) is 7.29. The molecule has 42 heavy (non-hydrogen) atoms. The zero-order valence-electron chi connectivity index (χ0n) is 24.7. The molecule has 1 aromatic carbocycles. The number of amides is 1. The van der Waals surface area contributed by atoms with E-state index in [1.807, 2.05) is 45.2 Å². The van der Waals surface area contributed by atoms with Crippen molar-refractivity contribution >= 4 is 23.5 Å². The fourth-order valence-electron chi connectivity index (χ4n) is 4.95. The van der Waals surface area contributed by atoms with Crippen LogP contribution in [-0.2, 0) is 4.74 Å². The number of carbonyl (C=O) groups is 1. The highest BCUT2D eigenvalue weighted by atomic mass is 16.6. The molecule has 1 amide bonds. The first-order valence-electron chi connectivity index (χ1n) is 14.4. The normalized spacial score (nSPS) is 16.5. The Balaban J connectivity index is 1.20. The lowest BCUT2D eigenvalue weighted by Gasteiger charge is -2.33. The number of nitriles is 1. The van der Waals surface area contributed by atoms with Crippen LogP contribution in [0.5, 0.6) is 5.75 Å². The molecular formula is C31H38N8O3. The molecule has 0 saturated carbocycles. The minimum atomic E-state index is -0.526. The van der Waals surface area contributed by atoms with E-state index in [9.17, 15) is 10.1 Å². The van der Waals surface area contributed by atoms with Gasteiger partial charge in [-0.25, -0.2) is 19.7 Å². The first-order chi connectivity index (χ1) is 20.2. The molecule has 2 fully saturated rings. The topological polar surface area (TPSA) is 120 Å². The number of aromatic nitrogens is 3. The number of nitrogens with zero attached hydrogens (tertiary/aromatic N) is 7. The summed E-state index contributed by atoms with van der Waals surface area (Å²) < 4.78 is 11.7. The number of ether oxygens (including phenoxy) is 2. The highest BCUT2D eigenvalue weighted by Crippen LogP contribution is 2.29. The SMILES string of the molecule is CN1CCN(c2ccc(Nc3nccc(-c4ccc(OC5CCN(C(=O)OC(C)(C)C)CC5)c(C#N)c4)n3)nc2)CC1. The molecule has 0 radical (unpaired) electrons. The second-order valence-electron chi connectivity index (χ2n) is 11.7. The zero-order chi connectivity index (χ0) is 29.7. The summed E-state index contributed by atoms with van der Waals surface area (Å²) in [6, 6.07) is 13.5. The molecule has 2 aromatic heterocycles. The van der Waals surface area contributed by atoms with Crippen LogP contribution in [-0.4, -0.2) is 88.9 Å². The van der Waals surface area contributed by atoms with Gasteiger partial charge in [-0.05, 0) is 64.2 Å². The minimum absolute atomic E-state index is 0.0911. The zero-order valence-corrected chi connectivity index (χ0v) is 24.7. The third-order valence-corrected chi connectivity index (χ3v) is 7.29. The van der Waals surface area contributed by atoms with Crippen LogP contribution >= 0.6 is 0 Å². The van der Waals surface area contributed by atoms with Gasteiger partial charge in [0, 0.05) is 63.9 Å². The van der Waals surface area contributed by atoms with Gasteiger partial charge in [0.15, 0.2) is 0 Å².